The van der Waals surface area contributed by atoms with Crippen molar-refractivity contribution in [3.63, 3.8) is 0 Å². The van der Waals surface area contributed by atoms with Crippen LogP contribution < -0.4 is 15.4 Å². The minimum Gasteiger partial charge on any atom is -0.483 e. The smallest absolute Gasteiger partial charge is 0.258 e. The van der Waals surface area contributed by atoms with Gasteiger partial charge in [-0.15, -0.1) is 0 Å². The van der Waals surface area contributed by atoms with Gasteiger partial charge in [0.05, 0.1) is 11.6 Å². The highest BCUT2D eigenvalue weighted by atomic mass is 35.5. The number of Topliss-reactive ketones (excluding diaryl/α,β-unsaturated/α-hetero) is 1. The molecule has 0 heterocycles. The molecule has 2 aromatic rings. The molecule has 0 saturated carbocycles. The Morgan fingerprint density at radius 3 is 2.52 bits per heavy atom. The van der Waals surface area contributed by atoms with Crippen LogP contribution in [0.15, 0.2) is 42.5 Å². The van der Waals surface area contributed by atoms with Crippen LogP contribution in [0.3, 0.4) is 0 Å². The molecular weight excluding hydrogens is 392 g/mol. The van der Waals surface area contributed by atoms with Crippen molar-refractivity contribution in [2.24, 2.45) is 0 Å². The molecule has 0 fully saturated rings. The summed E-state index contributed by atoms with van der Waals surface area (Å²) in [7, 11) is 0. The van der Waals surface area contributed by atoms with E-state index in [0.29, 0.717) is 22.7 Å². The molecule has 0 bridgehead atoms. The molecule has 1 unspecified atom stereocenters. The largest absolute Gasteiger partial charge is 0.483 e. The molecule has 0 saturated heterocycles. The summed E-state index contributed by atoms with van der Waals surface area (Å²) in [6.07, 6.45) is 1.13. The molecule has 7 heteroatoms. The predicted molar refractivity (Wildman–Crippen MR) is 113 cm³/mol. The third-order valence-corrected chi connectivity index (χ3v) is 4.44. The molecule has 0 radical (unpaired) electrons. The van der Waals surface area contributed by atoms with Gasteiger partial charge in [-0.3, -0.25) is 14.4 Å². The number of hydrogen-bond acceptors (Lipinski definition) is 4. The normalized spacial score (nSPS) is 11.4. The van der Waals surface area contributed by atoms with Gasteiger partial charge in [0.2, 0.25) is 5.91 Å². The van der Waals surface area contributed by atoms with E-state index >= 15 is 0 Å². The minimum atomic E-state index is -0.327. The molecule has 2 aromatic carbocycles. The lowest BCUT2D eigenvalue weighted by Gasteiger charge is -2.16. The maximum absolute atomic E-state index is 12.2. The van der Waals surface area contributed by atoms with Crippen molar-refractivity contribution < 1.29 is 19.1 Å². The van der Waals surface area contributed by atoms with Crippen molar-refractivity contribution in [2.45, 2.75) is 39.7 Å². The molecular formula is C22H25ClN2O4. The summed E-state index contributed by atoms with van der Waals surface area (Å²) in [6.45, 7) is 4.92. The van der Waals surface area contributed by atoms with E-state index in [1.165, 1.54) is 6.92 Å². The lowest BCUT2D eigenvalue weighted by Crippen LogP contribution is -2.31. The van der Waals surface area contributed by atoms with Gasteiger partial charge in [0.1, 0.15) is 5.75 Å². The Labute approximate surface area is 175 Å². The number of carbonyl (C=O) groups excluding carboxylic acids is 3. The zero-order chi connectivity index (χ0) is 21.4. The molecule has 2 amide bonds. The highest BCUT2D eigenvalue weighted by Gasteiger charge is 2.14. The van der Waals surface area contributed by atoms with Crippen LogP contribution in [0.1, 0.15) is 55.6 Å². The molecule has 29 heavy (non-hydrogen) atoms. The van der Waals surface area contributed by atoms with Gasteiger partial charge in [-0.2, -0.15) is 0 Å². The quantitative estimate of drug-likeness (QED) is 0.588. The first kappa shape index (κ1) is 22.4. The SMILES string of the molecule is CCCC(=O)Nc1ccc(OCC(=O)NC(C)c2cccc(Cl)c2)c(C(C)=O)c1. The topological polar surface area (TPSA) is 84.5 Å². The summed E-state index contributed by atoms with van der Waals surface area (Å²) in [4.78, 5) is 35.9. The fourth-order valence-corrected chi connectivity index (χ4v) is 2.94. The van der Waals surface area contributed by atoms with E-state index in [1.807, 2.05) is 26.0 Å². The van der Waals surface area contributed by atoms with Crippen LogP contribution in [0, 0.1) is 0 Å². The molecule has 0 aromatic heterocycles. The fraction of sp³-hybridized carbons (Fsp3) is 0.318. The highest BCUT2D eigenvalue weighted by molar-refractivity contribution is 6.30. The number of ether oxygens (including phenoxy) is 1. The monoisotopic (exact) mass is 416 g/mol. The number of halogens is 1. The second kappa shape index (κ2) is 10.6. The summed E-state index contributed by atoms with van der Waals surface area (Å²) in [6, 6.07) is 11.8. The Kier molecular flexibility index (Phi) is 8.21. The Morgan fingerprint density at radius 1 is 1.10 bits per heavy atom. The number of ketones is 1. The molecule has 0 spiro atoms. The Bertz CT molecular complexity index is 898. The average Bonchev–Trinajstić information content (AvgIpc) is 2.67. The first-order chi connectivity index (χ1) is 13.8. The van der Waals surface area contributed by atoms with E-state index in [0.717, 1.165) is 12.0 Å². The second-order valence-electron chi connectivity index (χ2n) is 6.70. The van der Waals surface area contributed by atoms with Gasteiger partial charge in [-0.1, -0.05) is 30.7 Å². The van der Waals surface area contributed by atoms with E-state index in [2.05, 4.69) is 10.6 Å². The molecule has 154 valence electrons. The van der Waals surface area contributed by atoms with Crippen molar-refractivity contribution in [1.82, 2.24) is 5.32 Å². The number of benzene rings is 2. The summed E-state index contributed by atoms with van der Waals surface area (Å²) in [5.74, 6) is -0.381. The fourth-order valence-electron chi connectivity index (χ4n) is 2.74. The van der Waals surface area contributed by atoms with Gasteiger partial charge in [-0.25, -0.2) is 0 Å². The van der Waals surface area contributed by atoms with Gasteiger partial charge < -0.3 is 15.4 Å². The first-order valence-electron chi connectivity index (χ1n) is 9.42. The Morgan fingerprint density at radius 2 is 1.86 bits per heavy atom. The number of amides is 2. The van der Waals surface area contributed by atoms with Crippen molar-refractivity contribution >= 4 is 34.9 Å². The van der Waals surface area contributed by atoms with Crippen molar-refractivity contribution in [2.75, 3.05) is 11.9 Å². The summed E-state index contributed by atoms with van der Waals surface area (Å²) >= 11 is 5.98. The molecule has 2 rings (SSSR count). The molecule has 2 N–H and O–H groups in total. The average molecular weight is 417 g/mol. The predicted octanol–water partition coefficient (Wildman–Crippen LogP) is 4.54. The standard InChI is InChI=1S/C22H25ClN2O4/c1-4-6-21(27)25-18-9-10-20(19(12-18)15(3)26)29-13-22(28)24-14(2)16-7-5-8-17(23)11-16/h5,7-12,14H,4,6,13H2,1-3H3,(H,24,28)(H,25,27). The summed E-state index contributed by atoms with van der Waals surface area (Å²) < 4.78 is 5.56. The van der Waals surface area contributed by atoms with E-state index in [-0.39, 0.29) is 36.0 Å². The van der Waals surface area contributed by atoms with Crippen molar-refractivity contribution in [1.29, 1.82) is 0 Å². The zero-order valence-corrected chi connectivity index (χ0v) is 17.5. The number of rotatable bonds is 9. The van der Waals surface area contributed by atoms with E-state index in [9.17, 15) is 14.4 Å². The lowest BCUT2D eigenvalue weighted by molar-refractivity contribution is -0.123. The molecule has 6 nitrogen and oxygen atoms in total. The van der Waals surface area contributed by atoms with Gasteiger partial charge >= 0.3 is 0 Å². The molecule has 1 atom stereocenters. The van der Waals surface area contributed by atoms with Crippen LogP contribution in [0.5, 0.6) is 5.75 Å². The highest BCUT2D eigenvalue weighted by Crippen LogP contribution is 2.24. The van der Waals surface area contributed by atoms with E-state index in [1.54, 1.807) is 30.3 Å². The minimum absolute atomic E-state index is 0.120. The Hall–Kier alpha value is -2.86. The number of carbonyl (C=O) groups is 3. The van der Waals surface area contributed by atoms with E-state index in [4.69, 9.17) is 16.3 Å². The Balaban J connectivity index is 2.00. The number of hydrogen-bond donors (Lipinski definition) is 2. The van der Waals surface area contributed by atoms with Gasteiger partial charge in [-0.05, 0) is 56.2 Å². The van der Waals surface area contributed by atoms with E-state index < -0.39 is 0 Å². The molecule has 0 aliphatic heterocycles. The summed E-state index contributed by atoms with van der Waals surface area (Å²) in [5.41, 5.74) is 1.69. The maximum atomic E-state index is 12.2. The van der Waals surface area contributed by atoms with Crippen LogP contribution in [0.4, 0.5) is 5.69 Å². The maximum Gasteiger partial charge on any atom is 0.258 e. The van der Waals surface area contributed by atoms with Crippen molar-refractivity contribution in [3.05, 3.63) is 58.6 Å². The number of anilines is 1. The van der Waals surface area contributed by atoms with Gasteiger partial charge in [0.25, 0.3) is 5.91 Å². The number of nitrogens with one attached hydrogen (secondary N) is 2. The first-order valence-corrected chi connectivity index (χ1v) is 9.80. The molecule has 0 aliphatic carbocycles. The molecule has 0 aliphatic rings. The zero-order valence-electron chi connectivity index (χ0n) is 16.8. The third kappa shape index (κ3) is 6.91. The van der Waals surface area contributed by atoms with Crippen molar-refractivity contribution in [3.8, 4) is 5.75 Å². The second-order valence-corrected chi connectivity index (χ2v) is 7.13. The van der Waals surface area contributed by atoms with Gasteiger partial charge in [0, 0.05) is 17.1 Å². The van der Waals surface area contributed by atoms with Crippen LogP contribution in [0.25, 0.3) is 0 Å². The van der Waals surface area contributed by atoms with Crippen LogP contribution >= 0.6 is 11.6 Å². The summed E-state index contributed by atoms with van der Waals surface area (Å²) in [5, 5.41) is 6.17. The lowest BCUT2D eigenvalue weighted by atomic mass is 10.1. The van der Waals surface area contributed by atoms with Crippen LogP contribution in [0.2, 0.25) is 5.02 Å². The third-order valence-electron chi connectivity index (χ3n) is 4.20. The van der Waals surface area contributed by atoms with Crippen LogP contribution in [-0.2, 0) is 9.59 Å². The van der Waals surface area contributed by atoms with Gasteiger partial charge in [0.15, 0.2) is 12.4 Å². The van der Waals surface area contributed by atoms with Crippen LogP contribution in [-0.4, -0.2) is 24.2 Å².